The van der Waals surface area contributed by atoms with Gasteiger partial charge in [-0.05, 0) is 36.8 Å². The molecule has 0 aliphatic rings. The highest BCUT2D eigenvalue weighted by Gasteiger charge is 2.04. The van der Waals surface area contributed by atoms with E-state index in [0.717, 1.165) is 17.1 Å². The van der Waals surface area contributed by atoms with E-state index in [0.29, 0.717) is 18.8 Å². The van der Waals surface area contributed by atoms with Crippen molar-refractivity contribution in [1.82, 2.24) is 5.43 Å². The van der Waals surface area contributed by atoms with Gasteiger partial charge in [-0.2, -0.15) is 0 Å². The second-order valence-corrected chi connectivity index (χ2v) is 4.37. The lowest BCUT2D eigenvalue weighted by Crippen LogP contribution is -2.30. The summed E-state index contributed by atoms with van der Waals surface area (Å²) >= 11 is 0. The number of hydrazine groups is 1. The van der Waals surface area contributed by atoms with Gasteiger partial charge in [-0.3, -0.25) is 10.2 Å². The summed E-state index contributed by atoms with van der Waals surface area (Å²) in [5.41, 5.74) is 3.50. The topological polar surface area (TPSA) is 73.6 Å². The molecule has 0 unspecified atom stereocenters. The molecule has 0 fully saturated rings. The van der Waals surface area contributed by atoms with E-state index in [-0.39, 0.29) is 5.91 Å². The lowest BCUT2D eigenvalue weighted by atomic mass is 10.1. The van der Waals surface area contributed by atoms with Crippen molar-refractivity contribution in [3.05, 3.63) is 59.7 Å². The Hall–Kier alpha value is -2.53. The number of carbonyl (C=O) groups is 1. The average molecular weight is 286 g/mol. The largest absolute Gasteiger partial charge is 0.494 e. The van der Waals surface area contributed by atoms with Gasteiger partial charge in [0.2, 0.25) is 0 Å². The van der Waals surface area contributed by atoms with Crippen LogP contribution in [0.5, 0.6) is 11.5 Å². The van der Waals surface area contributed by atoms with Gasteiger partial charge in [0.05, 0.1) is 6.61 Å². The van der Waals surface area contributed by atoms with E-state index >= 15 is 0 Å². The van der Waals surface area contributed by atoms with Crippen molar-refractivity contribution in [3.8, 4) is 11.5 Å². The molecule has 0 aliphatic carbocycles. The second kappa shape index (κ2) is 7.31. The number of nitrogen functional groups attached to an aromatic ring is 1. The van der Waals surface area contributed by atoms with Crippen LogP contribution >= 0.6 is 0 Å². The van der Waals surface area contributed by atoms with Gasteiger partial charge in [0.15, 0.2) is 0 Å². The summed E-state index contributed by atoms with van der Waals surface area (Å²) < 4.78 is 11.1. The molecule has 0 radical (unpaired) electrons. The van der Waals surface area contributed by atoms with Crippen LogP contribution in [0.4, 0.5) is 0 Å². The fraction of sp³-hybridized carbons (Fsp3) is 0.188. The highest BCUT2D eigenvalue weighted by atomic mass is 16.5. The number of carbonyl (C=O) groups excluding carboxylic acids is 1. The van der Waals surface area contributed by atoms with Crippen molar-refractivity contribution in [2.24, 2.45) is 5.84 Å². The Bertz CT molecular complexity index is 614. The molecule has 0 atom stereocenters. The van der Waals surface area contributed by atoms with Gasteiger partial charge in [0, 0.05) is 11.6 Å². The molecule has 110 valence electrons. The molecule has 2 aromatic rings. The van der Waals surface area contributed by atoms with Gasteiger partial charge in [-0.25, -0.2) is 5.84 Å². The van der Waals surface area contributed by atoms with Crippen LogP contribution in [0.3, 0.4) is 0 Å². The number of amides is 1. The van der Waals surface area contributed by atoms with Crippen molar-refractivity contribution in [3.63, 3.8) is 0 Å². The molecule has 0 spiro atoms. The van der Waals surface area contributed by atoms with Crippen LogP contribution in [0.2, 0.25) is 0 Å². The minimum absolute atomic E-state index is 0.324. The van der Waals surface area contributed by atoms with E-state index in [1.54, 1.807) is 18.2 Å². The Balaban J connectivity index is 2.02. The zero-order valence-corrected chi connectivity index (χ0v) is 11.8. The first-order chi connectivity index (χ1) is 10.2. The van der Waals surface area contributed by atoms with E-state index in [1.807, 2.05) is 37.3 Å². The maximum atomic E-state index is 11.5. The first-order valence-electron chi connectivity index (χ1n) is 6.68. The average Bonchev–Trinajstić information content (AvgIpc) is 2.53. The van der Waals surface area contributed by atoms with Crippen LogP contribution in [0.15, 0.2) is 48.5 Å². The molecule has 0 aromatic heterocycles. The van der Waals surface area contributed by atoms with Gasteiger partial charge in [-0.1, -0.05) is 18.2 Å². The molecular formula is C16H18N2O3. The molecule has 0 heterocycles. The molecule has 3 N–H and O–H groups in total. The normalized spacial score (nSPS) is 10.0. The minimum Gasteiger partial charge on any atom is -0.494 e. The van der Waals surface area contributed by atoms with E-state index < -0.39 is 0 Å². The van der Waals surface area contributed by atoms with Gasteiger partial charge in [0.25, 0.3) is 5.91 Å². The van der Waals surface area contributed by atoms with E-state index in [4.69, 9.17) is 15.3 Å². The number of nitrogens with two attached hydrogens (primary N) is 1. The third-order valence-electron chi connectivity index (χ3n) is 2.84. The molecule has 0 saturated heterocycles. The Morgan fingerprint density at radius 2 is 1.81 bits per heavy atom. The molecule has 0 aliphatic heterocycles. The number of hydrogen-bond acceptors (Lipinski definition) is 4. The molecule has 21 heavy (non-hydrogen) atoms. The number of hydrogen-bond donors (Lipinski definition) is 2. The number of ether oxygens (including phenoxy) is 2. The third kappa shape index (κ3) is 4.22. The quantitative estimate of drug-likeness (QED) is 0.485. The summed E-state index contributed by atoms with van der Waals surface area (Å²) in [5.74, 6) is 6.28. The predicted molar refractivity (Wildman–Crippen MR) is 80.0 cm³/mol. The van der Waals surface area contributed by atoms with Gasteiger partial charge < -0.3 is 9.47 Å². The summed E-state index contributed by atoms with van der Waals surface area (Å²) in [6.45, 7) is 2.91. The molecule has 5 heteroatoms. The fourth-order valence-corrected chi connectivity index (χ4v) is 1.87. The van der Waals surface area contributed by atoms with Crippen LogP contribution in [0.1, 0.15) is 22.8 Å². The van der Waals surface area contributed by atoms with E-state index in [1.165, 1.54) is 0 Å². The SMILES string of the molecule is CCOc1cccc(OCc2cccc(C(=O)NN)c2)c1. The van der Waals surface area contributed by atoms with Crippen LogP contribution in [-0.2, 0) is 6.61 Å². The Kier molecular flexibility index (Phi) is 5.17. The number of rotatable bonds is 6. The highest BCUT2D eigenvalue weighted by Crippen LogP contribution is 2.20. The van der Waals surface area contributed by atoms with Crippen molar-refractivity contribution < 1.29 is 14.3 Å². The summed E-state index contributed by atoms with van der Waals surface area (Å²) in [7, 11) is 0. The minimum atomic E-state index is -0.324. The molecule has 1 amide bonds. The van der Waals surface area contributed by atoms with Crippen LogP contribution in [-0.4, -0.2) is 12.5 Å². The van der Waals surface area contributed by atoms with Crippen molar-refractivity contribution >= 4 is 5.91 Å². The summed E-state index contributed by atoms with van der Waals surface area (Å²) in [5, 5.41) is 0. The molecule has 0 saturated carbocycles. The Morgan fingerprint density at radius 1 is 1.10 bits per heavy atom. The maximum absolute atomic E-state index is 11.5. The second-order valence-electron chi connectivity index (χ2n) is 4.37. The van der Waals surface area contributed by atoms with Crippen LogP contribution in [0.25, 0.3) is 0 Å². The Labute approximate surface area is 123 Å². The fourth-order valence-electron chi connectivity index (χ4n) is 1.87. The van der Waals surface area contributed by atoms with Gasteiger partial charge >= 0.3 is 0 Å². The van der Waals surface area contributed by atoms with Crippen LogP contribution < -0.4 is 20.7 Å². The number of nitrogens with one attached hydrogen (secondary N) is 1. The predicted octanol–water partition coefficient (Wildman–Crippen LogP) is 2.27. The molecule has 2 rings (SSSR count). The molecular weight excluding hydrogens is 268 g/mol. The first kappa shape index (κ1) is 14.9. The summed E-state index contributed by atoms with van der Waals surface area (Å²) in [6, 6.07) is 14.6. The third-order valence-corrected chi connectivity index (χ3v) is 2.84. The molecule has 0 bridgehead atoms. The molecule has 2 aromatic carbocycles. The van der Waals surface area contributed by atoms with Gasteiger partial charge in [0.1, 0.15) is 18.1 Å². The van der Waals surface area contributed by atoms with Crippen molar-refractivity contribution in [2.75, 3.05) is 6.61 Å². The Morgan fingerprint density at radius 3 is 2.52 bits per heavy atom. The lowest BCUT2D eigenvalue weighted by molar-refractivity contribution is 0.0953. The lowest BCUT2D eigenvalue weighted by Gasteiger charge is -2.09. The van der Waals surface area contributed by atoms with Crippen molar-refractivity contribution in [2.45, 2.75) is 13.5 Å². The van der Waals surface area contributed by atoms with Crippen molar-refractivity contribution in [1.29, 1.82) is 0 Å². The maximum Gasteiger partial charge on any atom is 0.265 e. The molecule has 5 nitrogen and oxygen atoms in total. The monoisotopic (exact) mass is 286 g/mol. The number of benzene rings is 2. The summed E-state index contributed by atoms with van der Waals surface area (Å²) in [6.07, 6.45) is 0. The zero-order chi connectivity index (χ0) is 15.1. The van der Waals surface area contributed by atoms with Gasteiger partial charge in [-0.15, -0.1) is 0 Å². The van der Waals surface area contributed by atoms with E-state index in [2.05, 4.69) is 5.43 Å². The van der Waals surface area contributed by atoms with E-state index in [9.17, 15) is 4.79 Å². The summed E-state index contributed by atoms with van der Waals surface area (Å²) in [4.78, 5) is 11.5. The van der Waals surface area contributed by atoms with Crippen LogP contribution in [0, 0.1) is 0 Å². The smallest absolute Gasteiger partial charge is 0.265 e. The standard InChI is InChI=1S/C16H18N2O3/c1-2-20-14-7-4-8-15(10-14)21-11-12-5-3-6-13(9-12)16(19)18-17/h3-10H,2,11,17H2,1H3,(H,18,19). The highest BCUT2D eigenvalue weighted by molar-refractivity contribution is 5.93. The first-order valence-corrected chi connectivity index (χ1v) is 6.68. The zero-order valence-electron chi connectivity index (χ0n) is 11.8.